The number of nitrogens with zero attached hydrogens (tertiary/aromatic N) is 8. The summed E-state index contributed by atoms with van der Waals surface area (Å²) in [5.74, 6) is 2.29. The summed E-state index contributed by atoms with van der Waals surface area (Å²) >= 11 is 0. The zero-order valence-electron chi connectivity index (χ0n) is 21.5. The summed E-state index contributed by atoms with van der Waals surface area (Å²) in [6, 6.07) is 11.2. The number of hydrogen-bond acceptors (Lipinski definition) is 11. The molecule has 1 aromatic carbocycles. The van der Waals surface area contributed by atoms with Crippen LogP contribution in [0.5, 0.6) is 5.75 Å². The van der Waals surface area contributed by atoms with E-state index in [1.807, 2.05) is 24.3 Å². The lowest BCUT2D eigenvalue weighted by molar-refractivity contribution is -0.139. The molecule has 39 heavy (non-hydrogen) atoms. The Kier molecular flexibility index (Phi) is 6.88. The third kappa shape index (κ3) is 5.43. The van der Waals surface area contributed by atoms with Crippen LogP contribution in [0.2, 0.25) is 0 Å². The molecule has 0 saturated carbocycles. The van der Waals surface area contributed by atoms with E-state index in [4.69, 9.17) is 20.0 Å². The normalized spacial score (nSPS) is 18.5. The molecule has 0 aliphatic carbocycles. The number of carboxylic acid groups (broad SMARTS) is 1. The van der Waals surface area contributed by atoms with Crippen LogP contribution >= 0.6 is 0 Å². The van der Waals surface area contributed by atoms with Crippen molar-refractivity contribution in [3.63, 3.8) is 0 Å². The van der Waals surface area contributed by atoms with Gasteiger partial charge in [0.2, 0.25) is 17.7 Å². The average molecular weight is 534 g/mol. The van der Waals surface area contributed by atoms with Crippen molar-refractivity contribution in [3.05, 3.63) is 42.7 Å². The number of carbonyl (C=O) groups is 1. The van der Waals surface area contributed by atoms with Crippen molar-refractivity contribution in [2.45, 2.75) is 12.8 Å². The highest BCUT2D eigenvalue weighted by atomic mass is 16.5. The summed E-state index contributed by atoms with van der Waals surface area (Å²) in [7, 11) is 0. The van der Waals surface area contributed by atoms with Gasteiger partial charge < -0.3 is 29.8 Å². The number of para-hydroxylation sites is 2. The first-order chi connectivity index (χ1) is 19.0. The number of nitrogens with two attached hydrogens (primary N) is 1. The number of anilines is 3. The van der Waals surface area contributed by atoms with E-state index in [-0.39, 0.29) is 12.6 Å². The molecule has 2 aliphatic rings. The lowest BCUT2D eigenvalue weighted by Gasteiger charge is -2.40. The summed E-state index contributed by atoms with van der Waals surface area (Å²) in [5, 5.41) is 13.4. The Morgan fingerprint density at radius 3 is 2.69 bits per heavy atom. The van der Waals surface area contributed by atoms with Gasteiger partial charge in [0.05, 0.1) is 12.0 Å². The molecule has 0 bridgehead atoms. The van der Waals surface area contributed by atoms with Crippen LogP contribution < -0.4 is 20.3 Å². The number of piperidine rings is 1. The number of piperazine rings is 1. The van der Waals surface area contributed by atoms with Crippen LogP contribution in [0.1, 0.15) is 12.8 Å². The number of nitrogen functional groups attached to an aromatic ring is 1. The minimum Gasteiger partial charge on any atom is -0.480 e. The number of benzene rings is 1. The van der Waals surface area contributed by atoms with Gasteiger partial charge in [-0.05, 0) is 43.0 Å². The molecule has 204 valence electrons. The highest BCUT2D eigenvalue weighted by Crippen LogP contribution is 2.29. The number of fused-ring (bicyclic) bond motifs is 1. The van der Waals surface area contributed by atoms with Crippen molar-refractivity contribution in [2.24, 2.45) is 5.92 Å². The van der Waals surface area contributed by atoms with Crippen molar-refractivity contribution in [1.29, 1.82) is 0 Å². The molecule has 0 radical (unpaired) electrons. The van der Waals surface area contributed by atoms with Crippen LogP contribution in [-0.2, 0) is 4.79 Å². The second-order valence-corrected chi connectivity index (χ2v) is 9.90. The maximum absolute atomic E-state index is 11.0. The topological polar surface area (TPSA) is 151 Å². The van der Waals surface area contributed by atoms with Crippen LogP contribution in [0, 0.1) is 5.92 Å². The third-order valence-corrected chi connectivity index (χ3v) is 7.21. The van der Waals surface area contributed by atoms with Gasteiger partial charge in [-0.15, -0.1) is 5.10 Å². The van der Waals surface area contributed by atoms with Crippen molar-refractivity contribution >= 4 is 29.3 Å². The molecule has 1 atom stereocenters. The molecule has 5 heterocycles. The number of ether oxygens (including phenoxy) is 1. The second kappa shape index (κ2) is 10.8. The minimum absolute atomic E-state index is 0.242. The van der Waals surface area contributed by atoms with Crippen LogP contribution in [0.25, 0.3) is 17.4 Å². The molecule has 0 spiro atoms. The number of furan rings is 1. The number of aromatic nitrogens is 5. The summed E-state index contributed by atoms with van der Waals surface area (Å²) in [6.45, 7) is 5.92. The molecule has 2 aliphatic heterocycles. The fraction of sp³-hybridized carbons (Fsp3) is 0.423. The van der Waals surface area contributed by atoms with Gasteiger partial charge in [0.15, 0.2) is 12.4 Å². The molecule has 6 rings (SSSR count). The van der Waals surface area contributed by atoms with E-state index in [9.17, 15) is 4.79 Å². The molecular weight excluding hydrogens is 502 g/mol. The van der Waals surface area contributed by atoms with E-state index < -0.39 is 5.97 Å². The van der Waals surface area contributed by atoms with Gasteiger partial charge >= 0.3 is 5.97 Å². The number of hydrogen-bond donors (Lipinski definition) is 2. The van der Waals surface area contributed by atoms with E-state index in [1.54, 1.807) is 18.4 Å². The van der Waals surface area contributed by atoms with E-state index in [0.29, 0.717) is 35.0 Å². The largest absolute Gasteiger partial charge is 0.480 e. The SMILES string of the molecule is Nc1nc(N2CCCC(CN3CCN(c4ccccc4OCC(=O)O)CC3)C2)nc2nc(-c3ccco3)nn12. The summed E-state index contributed by atoms with van der Waals surface area (Å²) in [6.07, 6.45) is 3.77. The smallest absolute Gasteiger partial charge is 0.341 e. The molecule has 0 amide bonds. The van der Waals surface area contributed by atoms with E-state index in [1.165, 1.54) is 4.52 Å². The maximum Gasteiger partial charge on any atom is 0.341 e. The van der Waals surface area contributed by atoms with E-state index in [2.05, 4.69) is 34.8 Å². The van der Waals surface area contributed by atoms with Crippen molar-refractivity contribution in [1.82, 2.24) is 29.5 Å². The highest BCUT2D eigenvalue weighted by Gasteiger charge is 2.27. The Labute approximate surface area is 224 Å². The lowest BCUT2D eigenvalue weighted by Crippen LogP contribution is -2.50. The van der Waals surface area contributed by atoms with E-state index in [0.717, 1.165) is 64.3 Å². The van der Waals surface area contributed by atoms with Crippen molar-refractivity contribution in [3.8, 4) is 17.3 Å². The van der Waals surface area contributed by atoms with Gasteiger partial charge in [-0.1, -0.05) is 12.1 Å². The molecular formula is C26H31N9O4. The quantitative estimate of drug-likeness (QED) is 0.340. The molecule has 4 aromatic rings. The number of rotatable bonds is 8. The zero-order chi connectivity index (χ0) is 26.8. The van der Waals surface area contributed by atoms with Crippen LogP contribution in [-0.4, -0.2) is 93.0 Å². The van der Waals surface area contributed by atoms with Crippen LogP contribution in [0.4, 0.5) is 17.6 Å². The Bertz CT molecular complexity index is 1430. The van der Waals surface area contributed by atoms with Crippen molar-refractivity contribution < 1.29 is 19.1 Å². The molecule has 1 unspecified atom stereocenters. The number of carboxylic acids is 1. The fourth-order valence-corrected chi connectivity index (χ4v) is 5.36. The standard InChI is InChI=1S/C26H31N9O4/c27-24-29-25(30-26-28-23(31-35(24)26)21-8-4-14-38-21)34-9-3-5-18(16-34)15-32-10-12-33(13-11-32)19-6-1-2-7-20(19)39-17-22(36)37/h1-2,4,6-8,14,18H,3,5,9-13,15-17H2,(H,36,37)(H2,27,28,29,30,31). The monoisotopic (exact) mass is 533 g/mol. The van der Waals surface area contributed by atoms with Crippen LogP contribution in [0.15, 0.2) is 47.1 Å². The second-order valence-electron chi connectivity index (χ2n) is 9.90. The van der Waals surface area contributed by atoms with Gasteiger partial charge in [-0.25, -0.2) is 4.79 Å². The maximum atomic E-state index is 11.0. The minimum atomic E-state index is -0.982. The van der Waals surface area contributed by atoms with Gasteiger partial charge in [0.1, 0.15) is 5.75 Å². The summed E-state index contributed by atoms with van der Waals surface area (Å²) in [5.41, 5.74) is 7.16. The molecule has 2 saturated heterocycles. The predicted molar refractivity (Wildman–Crippen MR) is 144 cm³/mol. The van der Waals surface area contributed by atoms with Gasteiger partial charge in [0.25, 0.3) is 5.78 Å². The first-order valence-corrected chi connectivity index (χ1v) is 13.1. The van der Waals surface area contributed by atoms with Gasteiger partial charge in [-0.3, -0.25) is 4.90 Å². The lowest BCUT2D eigenvalue weighted by atomic mass is 9.97. The Morgan fingerprint density at radius 1 is 1.05 bits per heavy atom. The summed E-state index contributed by atoms with van der Waals surface area (Å²) in [4.78, 5) is 31.6. The Hall–Kier alpha value is -4.39. The van der Waals surface area contributed by atoms with Crippen LogP contribution in [0.3, 0.4) is 0 Å². The first kappa shape index (κ1) is 24.9. The molecule has 13 nitrogen and oxygen atoms in total. The predicted octanol–water partition coefficient (Wildman–Crippen LogP) is 1.86. The van der Waals surface area contributed by atoms with Gasteiger partial charge in [0, 0.05) is 45.8 Å². The average Bonchev–Trinajstić information content (AvgIpc) is 3.63. The zero-order valence-corrected chi connectivity index (χ0v) is 21.5. The summed E-state index contributed by atoms with van der Waals surface area (Å²) < 4.78 is 12.4. The van der Waals surface area contributed by atoms with Crippen molar-refractivity contribution in [2.75, 3.05) is 68.0 Å². The first-order valence-electron chi connectivity index (χ1n) is 13.1. The Balaban J connectivity index is 1.07. The Morgan fingerprint density at radius 2 is 1.90 bits per heavy atom. The van der Waals surface area contributed by atoms with Gasteiger partial charge in [-0.2, -0.15) is 19.5 Å². The molecule has 2 fully saturated rings. The molecule has 3 aromatic heterocycles. The number of aliphatic carboxylic acids is 1. The molecule has 3 N–H and O–H groups in total. The molecule has 13 heteroatoms. The third-order valence-electron chi connectivity index (χ3n) is 7.21. The fourth-order valence-electron chi connectivity index (χ4n) is 5.36. The van der Waals surface area contributed by atoms with E-state index >= 15 is 0 Å². The highest BCUT2D eigenvalue weighted by molar-refractivity contribution is 5.69.